The van der Waals surface area contributed by atoms with Crippen LogP contribution < -0.4 is 5.73 Å². The molecular formula is C13H27NO. The van der Waals surface area contributed by atoms with Gasteiger partial charge in [-0.1, -0.05) is 33.1 Å². The second kappa shape index (κ2) is 7.24. The molecular weight excluding hydrogens is 186 g/mol. The van der Waals surface area contributed by atoms with Crippen LogP contribution in [0.25, 0.3) is 0 Å². The molecule has 0 aromatic rings. The van der Waals surface area contributed by atoms with Gasteiger partial charge in [-0.15, -0.1) is 0 Å². The van der Waals surface area contributed by atoms with Crippen molar-refractivity contribution in [2.45, 2.75) is 58.4 Å². The molecule has 0 amide bonds. The number of rotatable bonds is 6. The fourth-order valence-electron chi connectivity index (χ4n) is 2.52. The van der Waals surface area contributed by atoms with Crippen molar-refractivity contribution in [3.8, 4) is 0 Å². The molecule has 1 atom stereocenters. The molecule has 1 aliphatic rings. The largest absolute Gasteiger partial charge is 0.380 e. The van der Waals surface area contributed by atoms with Crippen LogP contribution in [-0.2, 0) is 4.74 Å². The fraction of sp³-hybridized carbons (Fsp3) is 1.00. The molecule has 0 aliphatic heterocycles. The highest BCUT2D eigenvalue weighted by Gasteiger charge is 2.24. The lowest BCUT2D eigenvalue weighted by Gasteiger charge is -2.31. The first-order valence-corrected chi connectivity index (χ1v) is 6.61. The van der Waals surface area contributed by atoms with Gasteiger partial charge >= 0.3 is 0 Å². The standard InChI is InChI=1S/C13H27NO/c1-3-9-15-10-13(14)12-7-5-11(4-2)6-8-12/h11-13H,3-10,14H2,1-2H3. The Hall–Kier alpha value is -0.0800. The van der Waals surface area contributed by atoms with Gasteiger partial charge in [0.05, 0.1) is 6.61 Å². The average Bonchev–Trinajstić information content (AvgIpc) is 2.29. The maximum absolute atomic E-state index is 6.15. The summed E-state index contributed by atoms with van der Waals surface area (Å²) < 4.78 is 5.53. The molecule has 0 aromatic heterocycles. The van der Waals surface area contributed by atoms with Gasteiger partial charge < -0.3 is 10.5 Å². The van der Waals surface area contributed by atoms with E-state index in [0.717, 1.165) is 25.6 Å². The van der Waals surface area contributed by atoms with Gasteiger partial charge in [-0.2, -0.15) is 0 Å². The van der Waals surface area contributed by atoms with E-state index < -0.39 is 0 Å². The van der Waals surface area contributed by atoms with Crippen molar-refractivity contribution in [2.24, 2.45) is 17.6 Å². The van der Waals surface area contributed by atoms with Crippen LogP contribution >= 0.6 is 0 Å². The van der Waals surface area contributed by atoms with Gasteiger partial charge in [-0.25, -0.2) is 0 Å². The predicted octanol–water partition coefficient (Wildman–Crippen LogP) is 2.96. The van der Waals surface area contributed by atoms with Gasteiger partial charge in [0.15, 0.2) is 0 Å². The first-order valence-electron chi connectivity index (χ1n) is 6.61. The first-order chi connectivity index (χ1) is 7.27. The minimum atomic E-state index is 0.273. The van der Waals surface area contributed by atoms with Crippen molar-refractivity contribution in [2.75, 3.05) is 13.2 Å². The van der Waals surface area contributed by atoms with Gasteiger partial charge in [-0.05, 0) is 31.1 Å². The number of nitrogens with two attached hydrogens (primary N) is 1. The van der Waals surface area contributed by atoms with Crippen molar-refractivity contribution in [1.29, 1.82) is 0 Å². The Balaban J connectivity index is 2.15. The summed E-state index contributed by atoms with van der Waals surface area (Å²) in [6, 6.07) is 0.273. The van der Waals surface area contributed by atoms with E-state index >= 15 is 0 Å². The van der Waals surface area contributed by atoms with Gasteiger partial charge in [0.2, 0.25) is 0 Å². The van der Waals surface area contributed by atoms with E-state index in [-0.39, 0.29) is 6.04 Å². The predicted molar refractivity (Wildman–Crippen MR) is 64.8 cm³/mol. The molecule has 0 radical (unpaired) electrons. The number of hydrogen-bond donors (Lipinski definition) is 1. The average molecular weight is 213 g/mol. The summed E-state index contributed by atoms with van der Waals surface area (Å²) in [4.78, 5) is 0. The SMILES string of the molecule is CCCOCC(N)C1CCC(CC)CC1. The summed E-state index contributed by atoms with van der Waals surface area (Å²) in [5.74, 6) is 1.68. The molecule has 2 N–H and O–H groups in total. The molecule has 0 spiro atoms. The van der Waals surface area contributed by atoms with Crippen LogP contribution in [0, 0.1) is 11.8 Å². The Morgan fingerprint density at radius 3 is 2.40 bits per heavy atom. The molecule has 1 aliphatic carbocycles. The Morgan fingerprint density at radius 2 is 1.87 bits per heavy atom. The molecule has 90 valence electrons. The first kappa shape index (κ1) is 13.0. The van der Waals surface area contributed by atoms with Crippen LogP contribution in [0.2, 0.25) is 0 Å². The van der Waals surface area contributed by atoms with Crippen molar-refractivity contribution < 1.29 is 4.74 Å². The maximum Gasteiger partial charge on any atom is 0.0620 e. The van der Waals surface area contributed by atoms with Crippen molar-refractivity contribution >= 4 is 0 Å². The van der Waals surface area contributed by atoms with Crippen molar-refractivity contribution in [3.63, 3.8) is 0 Å². The summed E-state index contributed by atoms with van der Waals surface area (Å²) in [6.07, 6.45) is 7.82. The molecule has 0 aromatic carbocycles. The highest BCUT2D eigenvalue weighted by Crippen LogP contribution is 2.31. The lowest BCUT2D eigenvalue weighted by Crippen LogP contribution is -2.37. The van der Waals surface area contributed by atoms with E-state index in [2.05, 4.69) is 13.8 Å². The zero-order valence-corrected chi connectivity index (χ0v) is 10.4. The van der Waals surface area contributed by atoms with E-state index in [1.165, 1.54) is 32.1 Å². The molecule has 1 rings (SSSR count). The molecule has 15 heavy (non-hydrogen) atoms. The highest BCUT2D eigenvalue weighted by atomic mass is 16.5. The Morgan fingerprint density at radius 1 is 1.20 bits per heavy atom. The summed E-state index contributed by atoms with van der Waals surface area (Å²) in [6.45, 7) is 6.06. The molecule has 0 heterocycles. The molecule has 0 saturated heterocycles. The third-order valence-corrected chi connectivity index (χ3v) is 3.73. The van der Waals surface area contributed by atoms with Crippen LogP contribution in [0.1, 0.15) is 52.4 Å². The number of ether oxygens (including phenoxy) is 1. The second-order valence-electron chi connectivity index (χ2n) is 4.93. The molecule has 1 fully saturated rings. The van der Waals surface area contributed by atoms with Crippen LogP contribution in [0.4, 0.5) is 0 Å². The third kappa shape index (κ3) is 4.52. The topological polar surface area (TPSA) is 35.2 Å². The smallest absolute Gasteiger partial charge is 0.0620 e. The molecule has 1 saturated carbocycles. The van der Waals surface area contributed by atoms with Gasteiger partial charge in [0, 0.05) is 12.6 Å². The van der Waals surface area contributed by atoms with Gasteiger partial charge in [0.25, 0.3) is 0 Å². The van der Waals surface area contributed by atoms with E-state index in [0.29, 0.717) is 5.92 Å². The second-order valence-corrected chi connectivity index (χ2v) is 4.93. The summed E-state index contributed by atoms with van der Waals surface area (Å²) >= 11 is 0. The monoisotopic (exact) mass is 213 g/mol. The summed E-state index contributed by atoms with van der Waals surface area (Å²) in [7, 11) is 0. The van der Waals surface area contributed by atoms with Crippen LogP contribution in [-0.4, -0.2) is 19.3 Å². The quantitative estimate of drug-likeness (QED) is 0.688. The number of hydrogen-bond acceptors (Lipinski definition) is 2. The zero-order valence-electron chi connectivity index (χ0n) is 10.4. The van der Waals surface area contributed by atoms with Crippen molar-refractivity contribution in [3.05, 3.63) is 0 Å². The highest BCUT2D eigenvalue weighted by molar-refractivity contribution is 4.79. The van der Waals surface area contributed by atoms with E-state index in [1.807, 2.05) is 0 Å². The zero-order chi connectivity index (χ0) is 11.1. The lowest BCUT2D eigenvalue weighted by molar-refractivity contribution is 0.0932. The maximum atomic E-state index is 6.15. The molecule has 2 heteroatoms. The Kier molecular flexibility index (Phi) is 6.26. The fourth-order valence-corrected chi connectivity index (χ4v) is 2.52. The molecule has 2 nitrogen and oxygen atoms in total. The normalized spacial score (nSPS) is 29.0. The van der Waals surface area contributed by atoms with E-state index in [9.17, 15) is 0 Å². The van der Waals surface area contributed by atoms with Gasteiger partial charge in [-0.3, -0.25) is 0 Å². The molecule has 0 bridgehead atoms. The minimum Gasteiger partial charge on any atom is -0.380 e. The van der Waals surface area contributed by atoms with E-state index in [4.69, 9.17) is 10.5 Å². The lowest BCUT2D eigenvalue weighted by atomic mass is 9.78. The molecule has 1 unspecified atom stereocenters. The van der Waals surface area contributed by atoms with Crippen LogP contribution in [0.5, 0.6) is 0 Å². The summed E-state index contributed by atoms with van der Waals surface area (Å²) in [5, 5.41) is 0. The summed E-state index contributed by atoms with van der Waals surface area (Å²) in [5.41, 5.74) is 6.15. The van der Waals surface area contributed by atoms with Gasteiger partial charge in [0.1, 0.15) is 0 Å². The Labute approximate surface area is 94.6 Å². The Bertz CT molecular complexity index is 153. The van der Waals surface area contributed by atoms with Crippen LogP contribution in [0.15, 0.2) is 0 Å². The van der Waals surface area contributed by atoms with Crippen LogP contribution in [0.3, 0.4) is 0 Å². The van der Waals surface area contributed by atoms with Crippen molar-refractivity contribution in [1.82, 2.24) is 0 Å². The van der Waals surface area contributed by atoms with E-state index in [1.54, 1.807) is 0 Å². The minimum absolute atomic E-state index is 0.273. The third-order valence-electron chi connectivity index (χ3n) is 3.73.